The molecule has 0 saturated carbocycles. The van der Waals surface area contributed by atoms with Gasteiger partial charge in [-0.05, 0) is 57.1 Å². The third-order valence-corrected chi connectivity index (χ3v) is 3.58. The monoisotopic (exact) mass is 233 g/mol. The molecule has 0 amide bonds. The lowest BCUT2D eigenvalue weighted by atomic mass is 10.0. The SMILES string of the molecule is CCN(c1ccc(NC)cc1)C1CCNCC1. The summed E-state index contributed by atoms with van der Waals surface area (Å²) in [6.45, 7) is 5.63. The van der Waals surface area contributed by atoms with Crippen LogP contribution >= 0.6 is 0 Å². The van der Waals surface area contributed by atoms with Gasteiger partial charge in [-0.1, -0.05) is 0 Å². The van der Waals surface area contributed by atoms with E-state index >= 15 is 0 Å². The predicted octanol–water partition coefficient (Wildman–Crippen LogP) is 2.31. The second kappa shape index (κ2) is 5.92. The molecule has 1 heterocycles. The van der Waals surface area contributed by atoms with Crippen LogP contribution in [0.2, 0.25) is 0 Å². The van der Waals surface area contributed by atoms with Gasteiger partial charge in [0.1, 0.15) is 0 Å². The van der Waals surface area contributed by atoms with E-state index in [2.05, 4.69) is 46.7 Å². The molecule has 0 atom stereocenters. The van der Waals surface area contributed by atoms with E-state index in [9.17, 15) is 0 Å². The molecule has 17 heavy (non-hydrogen) atoms. The molecule has 0 aliphatic carbocycles. The maximum Gasteiger partial charge on any atom is 0.0370 e. The Hall–Kier alpha value is -1.22. The van der Waals surface area contributed by atoms with Crippen LogP contribution in [-0.4, -0.2) is 32.7 Å². The minimum absolute atomic E-state index is 0.696. The van der Waals surface area contributed by atoms with Crippen molar-refractivity contribution in [1.29, 1.82) is 0 Å². The average Bonchev–Trinajstić information content (AvgIpc) is 2.42. The summed E-state index contributed by atoms with van der Waals surface area (Å²) < 4.78 is 0. The van der Waals surface area contributed by atoms with Crippen molar-refractivity contribution in [2.45, 2.75) is 25.8 Å². The van der Waals surface area contributed by atoms with Crippen molar-refractivity contribution in [3.63, 3.8) is 0 Å². The topological polar surface area (TPSA) is 27.3 Å². The Kier molecular flexibility index (Phi) is 4.26. The quantitative estimate of drug-likeness (QED) is 0.835. The fourth-order valence-electron chi connectivity index (χ4n) is 2.59. The third-order valence-electron chi connectivity index (χ3n) is 3.58. The molecule has 1 fully saturated rings. The molecule has 3 heteroatoms. The van der Waals surface area contributed by atoms with E-state index in [4.69, 9.17) is 0 Å². The van der Waals surface area contributed by atoms with Crippen LogP contribution in [0.3, 0.4) is 0 Å². The number of benzene rings is 1. The highest BCUT2D eigenvalue weighted by Gasteiger charge is 2.19. The largest absolute Gasteiger partial charge is 0.388 e. The Bertz CT molecular complexity index is 328. The Morgan fingerprint density at radius 2 is 1.88 bits per heavy atom. The molecule has 2 N–H and O–H groups in total. The summed E-state index contributed by atoms with van der Waals surface area (Å²) in [5.41, 5.74) is 2.52. The van der Waals surface area contributed by atoms with Crippen molar-refractivity contribution >= 4 is 11.4 Å². The summed E-state index contributed by atoms with van der Waals surface area (Å²) in [6, 6.07) is 9.44. The van der Waals surface area contributed by atoms with E-state index in [1.165, 1.54) is 24.2 Å². The van der Waals surface area contributed by atoms with Crippen molar-refractivity contribution in [3.05, 3.63) is 24.3 Å². The number of piperidine rings is 1. The highest BCUT2D eigenvalue weighted by molar-refractivity contribution is 5.55. The van der Waals surface area contributed by atoms with Gasteiger partial charge in [-0.3, -0.25) is 0 Å². The summed E-state index contributed by atoms with van der Waals surface area (Å²) in [4.78, 5) is 2.53. The van der Waals surface area contributed by atoms with Crippen molar-refractivity contribution < 1.29 is 0 Å². The molecule has 0 bridgehead atoms. The minimum atomic E-state index is 0.696. The lowest BCUT2D eigenvalue weighted by Gasteiger charge is -2.35. The van der Waals surface area contributed by atoms with Gasteiger partial charge in [0.15, 0.2) is 0 Å². The van der Waals surface area contributed by atoms with E-state index in [-0.39, 0.29) is 0 Å². The van der Waals surface area contributed by atoms with Crippen molar-refractivity contribution in [2.75, 3.05) is 36.9 Å². The molecule has 2 rings (SSSR count). The highest BCUT2D eigenvalue weighted by atomic mass is 15.2. The molecular weight excluding hydrogens is 210 g/mol. The van der Waals surface area contributed by atoms with Crippen LogP contribution in [0.5, 0.6) is 0 Å². The number of hydrogen-bond donors (Lipinski definition) is 2. The minimum Gasteiger partial charge on any atom is -0.388 e. The standard InChI is InChI=1S/C14H23N3/c1-3-17(14-8-10-16-11-9-14)13-6-4-12(15-2)5-7-13/h4-7,14-16H,3,8-11H2,1-2H3. The maximum absolute atomic E-state index is 3.43. The van der Waals surface area contributed by atoms with Gasteiger partial charge < -0.3 is 15.5 Å². The first-order valence-electron chi connectivity index (χ1n) is 6.60. The van der Waals surface area contributed by atoms with Crippen LogP contribution < -0.4 is 15.5 Å². The van der Waals surface area contributed by atoms with Crippen LogP contribution in [0.1, 0.15) is 19.8 Å². The summed E-state index contributed by atoms with van der Waals surface area (Å²) in [6.07, 6.45) is 2.50. The van der Waals surface area contributed by atoms with Crippen molar-refractivity contribution in [1.82, 2.24) is 5.32 Å². The van der Waals surface area contributed by atoms with Gasteiger partial charge in [0.25, 0.3) is 0 Å². The van der Waals surface area contributed by atoms with Gasteiger partial charge in [-0.15, -0.1) is 0 Å². The average molecular weight is 233 g/mol. The lowest BCUT2D eigenvalue weighted by molar-refractivity contribution is 0.433. The van der Waals surface area contributed by atoms with Crippen molar-refractivity contribution in [2.24, 2.45) is 0 Å². The van der Waals surface area contributed by atoms with Gasteiger partial charge in [0.05, 0.1) is 0 Å². The number of rotatable bonds is 4. The number of hydrogen-bond acceptors (Lipinski definition) is 3. The summed E-state index contributed by atoms with van der Waals surface area (Å²) in [5.74, 6) is 0. The van der Waals surface area contributed by atoms with Crippen molar-refractivity contribution in [3.8, 4) is 0 Å². The normalized spacial score (nSPS) is 16.8. The molecule has 0 radical (unpaired) electrons. The zero-order valence-corrected chi connectivity index (χ0v) is 10.9. The Morgan fingerprint density at radius 3 is 2.41 bits per heavy atom. The number of nitrogens with zero attached hydrogens (tertiary/aromatic N) is 1. The van der Waals surface area contributed by atoms with Gasteiger partial charge in [-0.25, -0.2) is 0 Å². The second-order valence-corrected chi connectivity index (χ2v) is 4.56. The second-order valence-electron chi connectivity index (χ2n) is 4.56. The summed E-state index contributed by atoms with van der Waals surface area (Å²) in [7, 11) is 1.96. The molecule has 1 aromatic carbocycles. The van der Waals surface area contributed by atoms with Gasteiger partial charge in [0, 0.05) is 31.0 Å². The van der Waals surface area contributed by atoms with E-state index in [1.54, 1.807) is 0 Å². The highest BCUT2D eigenvalue weighted by Crippen LogP contribution is 2.23. The van der Waals surface area contributed by atoms with Crippen LogP contribution in [0.15, 0.2) is 24.3 Å². The molecule has 1 aliphatic heterocycles. The fourth-order valence-corrected chi connectivity index (χ4v) is 2.59. The van der Waals surface area contributed by atoms with E-state index in [0.717, 1.165) is 19.6 Å². The molecule has 1 aliphatic rings. The summed E-state index contributed by atoms with van der Waals surface area (Å²) >= 11 is 0. The molecule has 0 aromatic heterocycles. The van der Waals surface area contributed by atoms with E-state index in [1.807, 2.05) is 7.05 Å². The number of nitrogens with one attached hydrogen (secondary N) is 2. The Balaban J connectivity index is 2.10. The van der Waals surface area contributed by atoms with Crippen LogP contribution in [0, 0.1) is 0 Å². The molecule has 0 spiro atoms. The number of anilines is 2. The molecule has 1 aromatic rings. The van der Waals surface area contributed by atoms with Gasteiger partial charge in [0.2, 0.25) is 0 Å². The van der Waals surface area contributed by atoms with Crippen LogP contribution in [0.25, 0.3) is 0 Å². The molecular formula is C14H23N3. The maximum atomic E-state index is 3.43. The zero-order valence-electron chi connectivity index (χ0n) is 10.9. The summed E-state index contributed by atoms with van der Waals surface area (Å²) in [5, 5.41) is 6.59. The molecule has 0 unspecified atom stereocenters. The molecule has 94 valence electrons. The predicted molar refractivity (Wildman–Crippen MR) is 74.9 cm³/mol. The first-order chi connectivity index (χ1) is 8.35. The first kappa shape index (κ1) is 12.2. The fraction of sp³-hybridized carbons (Fsp3) is 0.571. The van der Waals surface area contributed by atoms with Gasteiger partial charge in [-0.2, -0.15) is 0 Å². The first-order valence-corrected chi connectivity index (χ1v) is 6.60. The zero-order chi connectivity index (χ0) is 12.1. The van der Waals surface area contributed by atoms with E-state index in [0.29, 0.717) is 6.04 Å². The third kappa shape index (κ3) is 2.91. The Morgan fingerprint density at radius 1 is 1.24 bits per heavy atom. The lowest BCUT2D eigenvalue weighted by Crippen LogP contribution is -2.43. The molecule has 1 saturated heterocycles. The van der Waals surface area contributed by atoms with E-state index < -0.39 is 0 Å². The van der Waals surface area contributed by atoms with Crippen LogP contribution in [0.4, 0.5) is 11.4 Å². The van der Waals surface area contributed by atoms with Gasteiger partial charge >= 0.3 is 0 Å². The Labute approximate surface area is 104 Å². The smallest absolute Gasteiger partial charge is 0.0370 e. The molecule has 3 nitrogen and oxygen atoms in total. The van der Waals surface area contributed by atoms with Crippen LogP contribution in [-0.2, 0) is 0 Å².